The number of carbonyl (C=O) groups is 2. The molecule has 3 rings (SSSR count). The van der Waals surface area contributed by atoms with Crippen molar-refractivity contribution in [1.29, 1.82) is 5.26 Å². The summed E-state index contributed by atoms with van der Waals surface area (Å²) in [5.74, 6) is 0.559. The van der Waals surface area contributed by atoms with E-state index < -0.39 is 0 Å². The van der Waals surface area contributed by atoms with Gasteiger partial charge in [-0.3, -0.25) is 9.59 Å². The fourth-order valence-electron chi connectivity index (χ4n) is 3.90. The normalized spacial score (nSPS) is 18.4. The third-order valence-electron chi connectivity index (χ3n) is 5.58. The second-order valence-electron chi connectivity index (χ2n) is 7.35. The number of likely N-dealkylation sites (tertiary alicyclic amines) is 2. The third-order valence-corrected chi connectivity index (χ3v) is 5.58. The minimum Gasteiger partial charge on any atom is -0.343 e. The van der Waals surface area contributed by atoms with Crippen LogP contribution in [0.5, 0.6) is 0 Å². The summed E-state index contributed by atoms with van der Waals surface area (Å²) >= 11 is 0. The zero-order valence-electron chi connectivity index (χ0n) is 15.3. The Morgan fingerprint density at radius 3 is 2.23 bits per heavy atom. The Morgan fingerprint density at radius 2 is 1.62 bits per heavy atom. The number of hydrogen-bond donors (Lipinski definition) is 0. The highest BCUT2D eigenvalue weighted by molar-refractivity contribution is 5.80. The summed E-state index contributed by atoms with van der Waals surface area (Å²) in [5, 5.41) is 8.82. The Balaban J connectivity index is 1.42. The van der Waals surface area contributed by atoms with Crippen molar-refractivity contribution < 1.29 is 9.59 Å². The second-order valence-corrected chi connectivity index (χ2v) is 7.35. The van der Waals surface area contributed by atoms with Crippen molar-refractivity contribution in [2.24, 2.45) is 5.92 Å². The highest BCUT2D eigenvalue weighted by atomic mass is 16.2. The molecule has 138 valence electrons. The van der Waals surface area contributed by atoms with Gasteiger partial charge in [0.15, 0.2) is 0 Å². The van der Waals surface area contributed by atoms with Crippen molar-refractivity contribution in [2.75, 3.05) is 26.2 Å². The average Bonchev–Trinajstić information content (AvgIpc) is 2.72. The number of hydrogen-bond acceptors (Lipinski definition) is 3. The summed E-state index contributed by atoms with van der Waals surface area (Å²) in [6.07, 6.45) is 6.23. The Morgan fingerprint density at radius 1 is 0.962 bits per heavy atom. The van der Waals surface area contributed by atoms with Crippen LogP contribution in [0.15, 0.2) is 24.3 Å². The van der Waals surface area contributed by atoms with Crippen LogP contribution in [0, 0.1) is 17.2 Å². The molecule has 0 N–H and O–H groups in total. The standard InChI is InChI=1S/C21H27N3O2/c22-16-18-6-4-17(5-7-18)8-9-20(25)23-14-10-19(11-15-23)21(26)24-12-2-1-3-13-24/h4-7,19H,1-3,8-15H2. The zero-order chi connectivity index (χ0) is 18.4. The van der Waals surface area contributed by atoms with E-state index >= 15 is 0 Å². The van der Waals surface area contributed by atoms with Gasteiger partial charge in [0.05, 0.1) is 11.6 Å². The Bertz CT molecular complexity index is 663. The lowest BCUT2D eigenvalue weighted by molar-refractivity contribution is -0.141. The maximum absolute atomic E-state index is 12.6. The summed E-state index contributed by atoms with van der Waals surface area (Å²) < 4.78 is 0. The molecule has 2 saturated heterocycles. The van der Waals surface area contributed by atoms with Crippen LogP contribution >= 0.6 is 0 Å². The van der Waals surface area contributed by atoms with Crippen molar-refractivity contribution in [1.82, 2.24) is 9.80 Å². The number of piperidine rings is 2. The number of nitrogens with zero attached hydrogens (tertiary/aromatic N) is 3. The second kappa shape index (κ2) is 8.84. The number of benzene rings is 1. The zero-order valence-corrected chi connectivity index (χ0v) is 15.3. The summed E-state index contributed by atoms with van der Waals surface area (Å²) in [5.41, 5.74) is 1.72. The maximum atomic E-state index is 12.6. The van der Waals surface area contributed by atoms with Gasteiger partial charge in [0.1, 0.15) is 0 Å². The molecule has 5 heteroatoms. The number of rotatable bonds is 4. The number of carbonyl (C=O) groups excluding carboxylic acids is 2. The van der Waals surface area contributed by atoms with E-state index in [-0.39, 0.29) is 11.8 Å². The van der Waals surface area contributed by atoms with E-state index in [1.54, 1.807) is 12.1 Å². The lowest BCUT2D eigenvalue weighted by atomic mass is 9.94. The average molecular weight is 353 g/mol. The molecule has 2 aliphatic heterocycles. The molecule has 2 heterocycles. The van der Waals surface area contributed by atoms with E-state index in [1.165, 1.54) is 6.42 Å². The molecular formula is C21H27N3O2. The minimum atomic E-state index is 0.0932. The molecule has 26 heavy (non-hydrogen) atoms. The first-order valence-electron chi connectivity index (χ1n) is 9.73. The molecule has 0 aliphatic carbocycles. The van der Waals surface area contributed by atoms with Crippen molar-refractivity contribution in [3.8, 4) is 6.07 Å². The first-order valence-corrected chi connectivity index (χ1v) is 9.73. The third kappa shape index (κ3) is 4.63. The quantitative estimate of drug-likeness (QED) is 0.836. The lowest BCUT2D eigenvalue weighted by Crippen LogP contribution is -2.45. The highest BCUT2D eigenvalue weighted by Gasteiger charge is 2.30. The number of aryl methyl sites for hydroxylation is 1. The minimum absolute atomic E-state index is 0.0932. The van der Waals surface area contributed by atoms with E-state index in [0.29, 0.717) is 37.4 Å². The van der Waals surface area contributed by atoms with Crippen LogP contribution in [0.25, 0.3) is 0 Å². The molecule has 1 aromatic carbocycles. The molecule has 2 fully saturated rings. The fourth-order valence-corrected chi connectivity index (χ4v) is 3.90. The largest absolute Gasteiger partial charge is 0.343 e. The van der Waals surface area contributed by atoms with Crippen LogP contribution in [-0.2, 0) is 16.0 Å². The first kappa shape index (κ1) is 18.4. The van der Waals surface area contributed by atoms with Gasteiger partial charge < -0.3 is 9.80 Å². The highest BCUT2D eigenvalue weighted by Crippen LogP contribution is 2.22. The van der Waals surface area contributed by atoms with Gasteiger partial charge in [0, 0.05) is 38.5 Å². The van der Waals surface area contributed by atoms with Gasteiger partial charge in [-0.1, -0.05) is 12.1 Å². The van der Waals surface area contributed by atoms with Crippen molar-refractivity contribution in [3.05, 3.63) is 35.4 Å². The van der Waals surface area contributed by atoms with Gasteiger partial charge >= 0.3 is 0 Å². The van der Waals surface area contributed by atoms with Gasteiger partial charge in [0.25, 0.3) is 0 Å². The molecule has 0 unspecified atom stereocenters. The molecule has 0 radical (unpaired) electrons. The predicted octanol–water partition coefficient (Wildman–Crippen LogP) is 2.74. The molecular weight excluding hydrogens is 326 g/mol. The monoisotopic (exact) mass is 353 g/mol. The molecule has 2 aliphatic rings. The first-order chi connectivity index (χ1) is 12.7. The van der Waals surface area contributed by atoms with Crippen molar-refractivity contribution in [3.63, 3.8) is 0 Å². The Labute approximate surface area is 155 Å². The molecule has 5 nitrogen and oxygen atoms in total. The molecule has 0 saturated carbocycles. The van der Waals surface area contributed by atoms with Crippen molar-refractivity contribution >= 4 is 11.8 Å². The summed E-state index contributed by atoms with van der Waals surface area (Å²) in [6, 6.07) is 9.50. The fraction of sp³-hybridized carbons (Fsp3) is 0.571. The molecule has 1 aromatic rings. The van der Waals surface area contributed by atoms with Gasteiger partial charge in [-0.05, 0) is 56.2 Å². The predicted molar refractivity (Wildman–Crippen MR) is 99.2 cm³/mol. The molecule has 0 spiro atoms. The van der Waals surface area contributed by atoms with Crippen LogP contribution in [0.2, 0.25) is 0 Å². The van der Waals surface area contributed by atoms with Crippen LogP contribution in [0.1, 0.15) is 49.7 Å². The Kier molecular flexibility index (Phi) is 6.27. The van der Waals surface area contributed by atoms with E-state index in [0.717, 1.165) is 44.3 Å². The van der Waals surface area contributed by atoms with Crippen molar-refractivity contribution in [2.45, 2.75) is 44.9 Å². The van der Waals surface area contributed by atoms with E-state index in [1.807, 2.05) is 21.9 Å². The maximum Gasteiger partial charge on any atom is 0.225 e. The van der Waals surface area contributed by atoms with Crippen LogP contribution in [0.3, 0.4) is 0 Å². The number of nitriles is 1. The van der Waals surface area contributed by atoms with Gasteiger partial charge in [-0.2, -0.15) is 5.26 Å². The van der Waals surface area contributed by atoms with E-state index in [2.05, 4.69) is 6.07 Å². The topological polar surface area (TPSA) is 64.4 Å². The van der Waals surface area contributed by atoms with Crippen LogP contribution in [0.4, 0.5) is 0 Å². The molecule has 2 amide bonds. The summed E-state index contributed by atoms with van der Waals surface area (Å²) in [7, 11) is 0. The summed E-state index contributed by atoms with van der Waals surface area (Å²) in [4.78, 5) is 29.0. The smallest absolute Gasteiger partial charge is 0.225 e. The van der Waals surface area contributed by atoms with Gasteiger partial charge in [0.2, 0.25) is 11.8 Å². The molecule has 0 atom stereocenters. The van der Waals surface area contributed by atoms with E-state index in [4.69, 9.17) is 5.26 Å². The molecule has 0 bridgehead atoms. The van der Waals surface area contributed by atoms with Crippen LogP contribution < -0.4 is 0 Å². The SMILES string of the molecule is N#Cc1ccc(CCC(=O)N2CCC(C(=O)N3CCCCC3)CC2)cc1. The van der Waals surface area contributed by atoms with Crippen LogP contribution in [-0.4, -0.2) is 47.8 Å². The Hall–Kier alpha value is -2.35. The molecule has 0 aromatic heterocycles. The number of amides is 2. The summed E-state index contributed by atoms with van der Waals surface area (Å²) in [6.45, 7) is 3.19. The lowest BCUT2D eigenvalue weighted by Gasteiger charge is -2.35. The van der Waals surface area contributed by atoms with Gasteiger partial charge in [-0.15, -0.1) is 0 Å². The van der Waals surface area contributed by atoms with E-state index in [9.17, 15) is 9.59 Å². The van der Waals surface area contributed by atoms with Gasteiger partial charge in [-0.25, -0.2) is 0 Å².